The van der Waals surface area contributed by atoms with Gasteiger partial charge in [0.15, 0.2) is 11.5 Å². The lowest BCUT2D eigenvalue weighted by atomic mass is 10.2. The first-order valence-corrected chi connectivity index (χ1v) is 9.00. The fraction of sp³-hybridized carbons (Fsp3) is 0.222. The van der Waals surface area contributed by atoms with Crippen molar-refractivity contribution in [3.63, 3.8) is 0 Å². The minimum absolute atomic E-state index is 0.0338. The third-order valence-electron chi connectivity index (χ3n) is 3.79. The molecule has 3 aromatic rings. The van der Waals surface area contributed by atoms with Crippen molar-refractivity contribution in [2.24, 2.45) is 0 Å². The van der Waals surface area contributed by atoms with E-state index < -0.39 is 12.0 Å². The molecule has 0 radical (unpaired) electrons. The highest BCUT2D eigenvalue weighted by atomic mass is 32.2. The van der Waals surface area contributed by atoms with Gasteiger partial charge in [0.05, 0.1) is 19.7 Å². The fourth-order valence-electron chi connectivity index (χ4n) is 2.52. The molecule has 142 valence electrons. The Morgan fingerprint density at radius 2 is 1.70 bits per heavy atom. The summed E-state index contributed by atoms with van der Waals surface area (Å²) in [6.07, 6.45) is -2.77. The number of methoxy groups -OCH3 is 2. The van der Waals surface area contributed by atoms with Gasteiger partial charge < -0.3 is 14.8 Å². The van der Waals surface area contributed by atoms with E-state index in [9.17, 15) is 13.2 Å². The third kappa shape index (κ3) is 4.02. The molecule has 0 unspecified atom stereocenters. The fourth-order valence-corrected chi connectivity index (χ4v) is 2.97. The minimum Gasteiger partial charge on any atom is -0.493 e. The predicted molar refractivity (Wildman–Crippen MR) is 99.1 cm³/mol. The number of hydrogen-bond donors (Lipinski definition) is 1. The lowest BCUT2D eigenvalue weighted by Crippen LogP contribution is -2.13. The number of fused-ring (bicyclic) bond motifs is 1. The molecule has 0 atom stereocenters. The van der Waals surface area contributed by atoms with E-state index in [0.717, 1.165) is 4.90 Å². The molecule has 27 heavy (non-hydrogen) atoms. The van der Waals surface area contributed by atoms with Crippen LogP contribution in [0.3, 0.4) is 0 Å². The summed E-state index contributed by atoms with van der Waals surface area (Å²) in [6.45, 7) is 0. The SMILES string of the molecule is COc1cc2nc(C(F)(F)F)nc(Nc3cccc(SC)c3)c2cc1OC. The molecule has 0 aliphatic carbocycles. The highest BCUT2D eigenvalue weighted by Gasteiger charge is 2.35. The summed E-state index contributed by atoms with van der Waals surface area (Å²) < 4.78 is 50.2. The molecule has 1 aromatic heterocycles. The molecule has 0 spiro atoms. The van der Waals surface area contributed by atoms with Crippen molar-refractivity contribution in [3.8, 4) is 11.5 Å². The molecule has 0 saturated carbocycles. The van der Waals surface area contributed by atoms with Gasteiger partial charge in [-0.1, -0.05) is 6.07 Å². The zero-order valence-corrected chi connectivity index (χ0v) is 15.5. The van der Waals surface area contributed by atoms with Crippen LogP contribution in [0.1, 0.15) is 5.82 Å². The third-order valence-corrected chi connectivity index (χ3v) is 4.51. The van der Waals surface area contributed by atoms with E-state index in [4.69, 9.17) is 9.47 Å². The average molecular weight is 395 g/mol. The normalized spacial score (nSPS) is 11.5. The van der Waals surface area contributed by atoms with Crippen LogP contribution in [0, 0.1) is 0 Å². The van der Waals surface area contributed by atoms with Crippen molar-refractivity contribution in [1.29, 1.82) is 0 Å². The van der Waals surface area contributed by atoms with Gasteiger partial charge in [0.25, 0.3) is 0 Å². The molecule has 5 nitrogen and oxygen atoms in total. The van der Waals surface area contributed by atoms with Crippen molar-refractivity contribution in [1.82, 2.24) is 9.97 Å². The van der Waals surface area contributed by atoms with Crippen LogP contribution in [0.15, 0.2) is 41.3 Å². The van der Waals surface area contributed by atoms with Gasteiger partial charge in [-0.2, -0.15) is 13.2 Å². The van der Waals surface area contributed by atoms with Crippen molar-refractivity contribution in [2.75, 3.05) is 25.8 Å². The molecule has 1 N–H and O–H groups in total. The summed E-state index contributed by atoms with van der Waals surface area (Å²) in [4.78, 5) is 8.32. The molecule has 0 aliphatic rings. The zero-order valence-electron chi connectivity index (χ0n) is 14.7. The number of nitrogens with zero attached hydrogens (tertiary/aromatic N) is 2. The maximum atomic E-state index is 13.3. The number of rotatable bonds is 5. The molecule has 3 rings (SSSR count). The van der Waals surface area contributed by atoms with Crippen LogP contribution in [-0.4, -0.2) is 30.4 Å². The van der Waals surface area contributed by atoms with Crippen molar-refractivity contribution in [3.05, 3.63) is 42.2 Å². The summed E-state index contributed by atoms with van der Waals surface area (Å²) in [5, 5.41) is 3.35. The van der Waals surface area contributed by atoms with E-state index in [1.165, 1.54) is 32.0 Å². The number of ether oxygens (including phenoxy) is 2. The molecule has 2 aromatic carbocycles. The van der Waals surface area contributed by atoms with E-state index in [0.29, 0.717) is 16.8 Å². The summed E-state index contributed by atoms with van der Waals surface area (Å²) in [5.41, 5.74) is 0.711. The summed E-state index contributed by atoms with van der Waals surface area (Å²) in [6, 6.07) is 10.2. The number of alkyl halides is 3. The van der Waals surface area contributed by atoms with Crippen molar-refractivity contribution >= 4 is 34.2 Å². The first-order valence-electron chi connectivity index (χ1n) is 7.77. The van der Waals surface area contributed by atoms with Gasteiger partial charge in [-0.25, -0.2) is 9.97 Å². The molecule has 1 heterocycles. The Morgan fingerprint density at radius 1 is 1.00 bits per heavy atom. The van der Waals surface area contributed by atoms with E-state index in [1.807, 2.05) is 24.5 Å². The monoisotopic (exact) mass is 395 g/mol. The Morgan fingerprint density at radius 3 is 2.33 bits per heavy atom. The van der Waals surface area contributed by atoms with Gasteiger partial charge in [0.1, 0.15) is 5.82 Å². The van der Waals surface area contributed by atoms with Crippen LogP contribution in [0.4, 0.5) is 24.7 Å². The Balaban J connectivity index is 2.20. The lowest BCUT2D eigenvalue weighted by molar-refractivity contribution is -0.144. The average Bonchev–Trinajstić information content (AvgIpc) is 2.66. The molecule has 0 amide bonds. The molecule has 0 fully saturated rings. The summed E-state index contributed by atoms with van der Waals surface area (Å²) in [5.74, 6) is -0.543. The van der Waals surface area contributed by atoms with E-state index in [-0.39, 0.29) is 17.1 Å². The molecule has 0 bridgehead atoms. The Labute approximate surface area is 157 Å². The summed E-state index contributed by atoms with van der Waals surface area (Å²) >= 11 is 1.53. The van der Waals surface area contributed by atoms with Gasteiger partial charge in [0, 0.05) is 22.0 Å². The Kier molecular flexibility index (Phi) is 5.31. The van der Waals surface area contributed by atoms with Crippen LogP contribution in [-0.2, 0) is 6.18 Å². The van der Waals surface area contributed by atoms with E-state index in [1.54, 1.807) is 12.1 Å². The quantitative estimate of drug-likeness (QED) is 0.605. The van der Waals surface area contributed by atoms with E-state index in [2.05, 4.69) is 15.3 Å². The largest absolute Gasteiger partial charge is 0.493 e. The number of anilines is 2. The van der Waals surface area contributed by atoms with Crippen molar-refractivity contribution < 1.29 is 22.6 Å². The van der Waals surface area contributed by atoms with Gasteiger partial charge >= 0.3 is 6.18 Å². The second kappa shape index (κ2) is 7.51. The smallest absolute Gasteiger partial charge is 0.451 e. The van der Waals surface area contributed by atoms with Gasteiger partial charge in [-0.15, -0.1) is 11.8 Å². The second-order valence-corrected chi connectivity index (χ2v) is 6.35. The summed E-state index contributed by atoms with van der Waals surface area (Å²) in [7, 11) is 2.85. The molecular formula is C18H16F3N3O2S. The standard InChI is InChI=1S/C18H16F3N3O2S/c1-25-14-8-12-13(9-15(14)26-2)23-17(18(19,20)21)24-16(12)22-10-5-4-6-11(7-10)27-3/h4-9H,1-3H3,(H,22,23,24). The number of nitrogens with one attached hydrogen (secondary N) is 1. The van der Waals surface area contributed by atoms with Crippen LogP contribution >= 0.6 is 11.8 Å². The molecule has 9 heteroatoms. The number of halogens is 3. The first kappa shape index (κ1) is 19.1. The minimum atomic E-state index is -4.68. The maximum absolute atomic E-state index is 13.3. The number of aromatic nitrogens is 2. The van der Waals surface area contributed by atoms with E-state index >= 15 is 0 Å². The lowest BCUT2D eigenvalue weighted by Gasteiger charge is -2.15. The zero-order chi connectivity index (χ0) is 19.6. The topological polar surface area (TPSA) is 56.3 Å². The van der Waals surface area contributed by atoms with Crippen LogP contribution in [0.25, 0.3) is 10.9 Å². The number of hydrogen-bond acceptors (Lipinski definition) is 6. The molecular weight excluding hydrogens is 379 g/mol. The van der Waals surface area contributed by atoms with Gasteiger partial charge in [-0.3, -0.25) is 0 Å². The van der Waals surface area contributed by atoms with Gasteiger partial charge in [0.2, 0.25) is 5.82 Å². The number of benzene rings is 2. The highest BCUT2D eigenvalue weighted by Crippen LogP contribution is 2.37. The van der Waals surface area contributed by atoms with Crippen LogP contribution in [0.5, 0.6) is 11.5 Å². The van der Waals surface area contributed by atoms with Gasteiger partial charge in [-0.05, 0) is 30.5 Å². The Hall–Kier alpha value is -2.68. The highest BCUT2D eigenvalue weighted by molar-refractivity contribution is 7.98. The maximum Gasteiger partial charge on any atom is 0.451 e. The first-order chi connectivity index (χ1) is 12.9. The van der Waals surface area contributed by atoms with Crippen LogP contribution in [0.2, 0.25) is 0 Å². The van der Waals surface area contributed by atoms with Crippen LogP contribution < -0.4 is 14.8 Å². The Bertz CT molecular complexity index is 980. The second-order valence-electron chi connectivity index (χ2n) is 5.47. The van der Waals surface area contributed by atoms with Crippen molar-refractivity contribution in [2.45, 2.75) is 11.1 Å². The number of thioether (sulfide) groups is 1. The molecule has 0 saturated heterocycles. The predicted octanol–water partition coefficient (Wildman–Crippen LogP) is 5.13. The molecule has 0 aliphatic heterocycles.